The van der Waals surface area contributed by atoms with E-state index in [0.717, 1.165) is 12.6 Å². The third-order valence-electron chi connectivity index (χ3n) is 5.25. The number of carbonyl (C=O) groups is 2. The normalized spacial score (nSPS) is 12.2. The molecule has 11 heteroatoms. The van der Waals surface area contributed by atoms with Gasteiger partial charge in [0.25, 0.3) is 0 Å². The van der Waals surface area contributed by atoms with Crippen LogP contribution in [0.15, 0.2) is 55.1 Å². The molecule has 0 radical (unpaired) electrons. The van der Waals surface area contributed by atoms with Crippen LogP contribution in [0.2, 0.25) is 0 Å². The molecule has 3 aromatic rings. The molecule has 1 aromatic heterocycles. The molecule has 0 N–H and O–H groups in total. The van der Waals surface area contributed by atoms with E-state index in [4.69, 9.17) is 4.74 Å². The number of halogens is 3. The highest BCUT2D eigenvalue weighted by Crippen LogP contribution is 2.30. The SMILES string of the molecule is C=CCCC(C=O)N(C)Cc1c(C=O)cccc1OCc1nnc(-c2ccc(OC(F)(F)F)cc2)s1. The molecule has 7 nitrogen and oxygen atoms in total. The molecule has 0 spiro atoms. The summed E-state index contributed by atoms with van der Waals surface area (Å²) in [6, 6.07) is 10.1. The van der Waals surface area contributed by atoms with Crippen LogP contribution < -0.4 is 9.47 Å². The first-order chi connectivity index (χ1) is 17.2. The van der Waals surface area contributed by atoms with Gasteiger partial charge >= 0.3 is 6.36 Å². The second-order valence-electron chi connectivity index (χ2n) is 7.79. The summed E-state index contributed by atoms with van der Waals surface area (Å²) in [5.74, 6) is 0.151. The highest BCUT2D eigenvalue weighted by molar-refractivity contribution is 7.14. The summed E-state index contributed by atoms with van der Waals surface area (Å²) >= 11 is 1.23. The number of alkyl halides is 3. The molecule has 1 unspecified atom stereocenters. The van der Waals surface area contributed by atoms with Crippen molar-refractivity contribution in [2.45, 2.75) is 38.4 Å². The first kappa shape index (κ1) is 27.0. The lowest BCUT2D eigenvalue weighted by Crippen LogP contribution is -2.32. The summed E-state index contributed by atoms with van der Waals surface area (Å²) in [6.45, 7) is 4.07. The number of benzene rings is 2. The molecule has 0 aliphatic carbocycles. The van der Waals surface area contributed by atoms with E-state index in [-0.39, 0.29) is 18.4 Å². The van der Waals surface area contributed by atoms with Gasteiger partial charge in [-0.25, -0.2) is 0 Å². The number of ether oxygens (including phenoxy) is 2. The van der Waals surface area contributed by atoms with Gasteiger partial charge in [-0.05, 0) is 50.2 Å². The molecule has 0 saturated carbocycles. The molecule has 36 heavy (non-hydrogen) atoms. The van der Waals surface area contributed by atoms with Gasteiger partial charge in [0.2, 0.25) is 0 Å². The minimum Gasteiger partial charge on any atom is -0.486 e. The van der Waals surface area contributed by atoms with Crippen molar-refractivity contribution in [3.05, 3.63) is 71.3 Å². The van der Waals surface area contributed by atoms with E-state index in [1.54, 1.807) is 31.3 Å². The lowest BCUT2D eigenvalue weighted by atomic mass is 10.0. The molecule has 2 aromatic carbocycles. The van der Waals surface area contributed by atoms with E-state index in [1.165, 1.54) is 35.6 Å². The summed E-state index contributed by atoms with van der Waals surface area (Å²) in [5, 5.41) is 9.22. The average Bonchev–Trinajstić information content (AvgIpc) is 3.32. The second-order valence-corrected chi connectivity index (χ2v) is 8.85. The largest absolute Gasteiger partial charge is 0.573 e. The van der Waals surface area contributed by atoms with Crippen LogP contribution in [-0.2, 0) is 17.9 Å². The summed E-state index contributed by atoms with van der Waals surface area (Å²) in [6.07, 6.45) is -0.102. The van der Waals surface area contributed by atoms with Crippen LogP contribution >= 0.6 is 11.3 Å². The molecule has 3 rings (SSSR count). The quantitative estimate of drug-likeness (QED) is 0.219. The number of hydrogen-bond donors (Lipinski definition) is 0. The summed E-state index contributed by atoms with van der Waals surface area (Å²) in [7, 11) is 1.80. The molecule has 0 aliphatic heterocycles. The van der Waals surface area contributed by atoms with Crippen molar-refractivity contribution in [3.63, 3.8) is 0 Å². The number of allylic oxidation sites excluding steroid dienone is 1. The van der Waals surface area contributed by atoms with E-state index in [0.29, 0.717) is 51.8 Å². The lowest BCUT2D eigenvalue weighted by molar-refractivity contribution is -0.274. The fraction of sp³-hybridized carbons (Fsp3) is 0.280. The Morgan fingerprint density at radius 2 is 1.89 bits per heavy atom. The number of hydrogen-bond acceptors (Lipinski definition) is 8. The lowest BCUT2D eigenvalue weighted by Gasteiger charge is -2.25. The molecule has 0 aliphatic rings. The average molecular weight is 520 g/mol. The second kappa shape index (κ2) is 12.4. The number of aromatic nitrogens is 2. The molecular formula is C25H24F3N3O4S. The standard InChI is InChI=1S/C25H24F3N3O4S/c1-3-4-7-19(15-33)31(2)13-21-18(14-32)6-5-8-22(21)34-16-23-29-30-24(36-23)17-9-11-20(12-10-17)35-25(26,27)28/h3,5-6,8-12,14-15,19H,1,4,7,13,16H2,2H3. The van der Waals surface area contributed by atoms with Crippen molar-refractivity contribution >= 4 is 23.9 Å². The first-order valence-electron chi connectivity index (χ1n) is 10.9. The van der Waals surface area contributed by atoms with Crippen molar-refractivity contribution in [1.29, 1.82) is 0 Å². The van der Waals surface area contributed by atoms with Crippen LogP contribution in [0.4, 0.5) is 13.2 Å². The van der Waals surface area contributed by atoms with E-state index in [2.05, 4.69) is 21.5 Å². The van der Waals surface area contributed by atoms with Gasteiger partial charge in [-0.3, -0.25) is 9.69 Å². The van der Waals surface area contributed by atoms with E-state index < -0.39 is 6.36 Å². The number of likely N-dealkylation sites (N-methyl/N-ethyl adjacent to an activating group) is 1. The Kier molecular flexibility index (Phi) is 9.31. The van der Waals surface area contributed by atoms with Crippen molar-refractivity contribution < 1.29 is 32.2 Å². The third kappa shape index (κ3) is 7.46. The molecular weight excluding hydrogens is 495 g/mol. The zero-order chi connectivity index (χ0) is 26.1. The summed E-state index contributed by atoms with van der Waals surface area (Å²) < 4.78 is 46.9. The minimum absolute atomic E-state index is 0.0690. The fourth-order valence-corrected chi connectivity index (χ4v) is 4.17. The third-order valence-corrected chi connectivity index (χ3v) is 6.19. The molecule has 0 amide bonds. The zero-order valence-electron chi connectivity index (χ0n) is 19.4. The van der Waals surface area contributed by atoms with E-state index in [9.17, 15) is 22.8 Å². The molecule has 0 fully saturated rings. The van der Waals surface area contributed by atoms with Gasteiger partial charge in [0.15, 0.2) is 11.3 Å². The van der Waals surface area contributed by atoms with Gasteiger partial charge in [-0.1, -0.05) is 29.5 Å². The first-order valence-corrected chi connectivity index (χ1v) is 11.7. The predicted octanol–water partition coefficient (Wildman–Crippen LogP) is 5.46. The Balaban J connectivity index is 1.71. The number of carbonyl (C=O) groups excluding carboxylic acids is 2. The van der Waals surface area contributed by atoms with E-state index >= 15 is 0 Å². The van der Waals surface area contributed by atoms with Gasteiger partial charge in [0, 0.05) is 23.2 Å². The number of aldehydes is 2. The monoisotopic (exact) mass is 519 g/mol. The van der Waals surface area contributed by atoms with Gasteiger partial charge in [-0.2, -0.15) is 0 Å². The van der Waals surface area contributed by atoms with Crippen LogP contribution in [0.25, 0.3) is 10.6 Å². The van der Waals surface area contributed by atoms with Gasteiger partial charge in [0.05, 0.1) is 6.04 Å². The van der Waals surface area contributed by atoms with Crippen LogP contribution in [0.3, 0.4) is 0 Å². The minimum atomic E-state index is -4.76. The van der Waals surface area contributed by atoms with Gasteiger partial charge in [-0.15, -0.1) is 29.9 Å². The molecule has 0 bridgehead atoms. The number of nitrogens with zero attached hydrogens (tertiary/aromatic N) is 3. The van der Waals surface area contributed by atoms with Crippen molar-refractivity contribution in [1.82, 2.24) is 15.1 Å². The molecule has 190 valence electrons. The topological polar surface area (TPSA) is 81.6 Å². The van der Waals surface area contributed by atoms with Gasteiger partial charge < -0.3 is 14.3 Å². The van der Waals surface area contributed by atoms with Gasteiger partial charge in [0.1, 0.15) is 29.4 Å². The van der Waals surface area contributed by atoms with Crippen LogP contribution in [0, 0.1) is 0 Å². The Hall–Kier alpha value is -3.57. The van der Waals surface area contributed by atoms with Crippen molar-refractivity contribution in [2.75, 3.05) is 7.05 Å². The molecule has 1 atom stereocenters. The fourth-order valence-electron chi connectivity index (χ4n) is 3.41. The Labute approximate surface area is 210 Å². The Morgan fingerprint density at radius 1 is 1.14 bits per heavy atom. The Morgan fingerprint density at radius 3 is 2.53 bits per heavy atom. The van der Waals surface area contributed by atoms with Crippen molar-refractivity contribution in [3.8, 4) is 22.1 Å². The highest BCUT2D eigenvalue weighted by Gasteiger charge is 2.31. The maximum absolute atomic E-state index is 12.3. The Bertz CT molecular complexity index is 1180. The van der Waals surface area contributed by atoms with Crippen LogP contribution in [-0.4, -0.2) is 47.1 Å². The van der Waals surface area contributed by atoms with E-state index in [1.807, 2.05) is 4.90 Å². The summed E-state index contributed by atoms with van der Waals surface area (Å²) in [5.41, 5.74) is 1.68. The zero-order valence-corrected chi connectivity index (χ0v) is 20.2. The molecule has 0 saturated heterocycles. The summed E-state index contributed by atoms with van der Waals surface area (Å²) in [4.78, 5) is 25.1. The van der Waals surface area contributed by atoms with Crippen LogP contribution in [0.1, 0.15) is 33.8 Å². The maximum atomic E-state index is 12.3. The maximum Gasteiger partial charge on any atom is 0.573 e. The van der Waals surface area contributed by atoms with Crippen molar-refractivity contribution in [2.24, 2.45) is 0 Å². The molecule has 1 heterocycles. The smallest absolute Gasteiger partial charge is 0.486 e. The predicted molar refractivity (Wildman–Crippen MR) is 129 cm³/mol. The van der Waals surface area contributed by atoms with Crippen LogP contribution in [0.5, 0.6) is 11.5 Å². The highest BCUT2D eigenvalue weighted by atomic mass is 32.1. The number of rotatable bonds is 13.